The van der Waals surface area contributed by atoms with E-state index in [0.29, 0.717) is 10.4 Å². The van der Waals surface area contributed by atoms with Gasteiger partial charge in [0.2, 0.25) is 0 Å². The molecule has 0 fully saturated rings. The minimum absolute atomic E-state index is 0.197. The molecule has 1 aromatic heterocycles. The lowest BCUT2D eigenvalue weighted by Crippen LogP contribution is -2.39. The van der Waals surface area contributed by atoms with Crippen molar-refractivity contribution < 1.29 is 26.4 Å². The molecule has 7 nitrogen and oxygen atoms in total. The number of sulfonamides is 1. The molecule has 0 unspecified atom stereocenters. The Balaban J connectivity index is 1.63. The van der Waals surface area contributed by atoms with Gasteiger partial charge in [-0.1, -0.05) is 47.0 Å². The molecule has 43 heavy (non-hydrogen) atoms. The smallest absolute Gasteiger partial charge is 0.318 e. The maximum absolute atomic E-state index is 13.6. The average molecular weight is 631 g/mol. The lowest BCUT2D eigenvalue weighted by atomic mass is 10.1. The molecule has 4 rings (SSSR count). The van der Waals surface area contributed by atoms with Crippen LogP contribution < -0.4 is 9.73 Å². The van der Waals surface area contributed by atoms with Crippen LogP contribution in [0.25, 0.3) is 5.69 Å². The fourth-order valence-corrected chi connectivity index (χ4v) is 6.36. The maximum Gasteiger partial charge on any atom is 0.417 e. The largest absolute Gasteiger partial charge is 0.417 e. The second kappa shape index (κ2) is 12.3. The molecule has 0 atom stereocenters. The number of aromatic nitrogens is 1. The van der Waals surface area contributed by atoms with Gasteiger partial charge in [-0.25, -0.2) is 13.8 Å². The number of nitrogens with one attached hydrogen (secondary N) is 1. The Hall–Kier alpha value is -4.09. The van der Waals surface area contributed by atoms with Crippen molar-refractivity contribution in [3.05, 3.63) is 111 Å². The van der Waals surface area contributed by atoms with Gasteiger partial charge in [-0.3, -0.25) is 9.10 Å². The summed E-state index contributed by atoms with van der Waals surface area (Å²) < 4.78 is 70.6. The highest BCUT2D eigenvalue weighted by Crippen LogP contribution is 2.38. The van der Waals surface area contributed by atoms with Crippen molar-refractivity contribution in [2.75, 3.05) is 10.8 Å². The second-order valence-corrected chi connectivity index (χ2v) is 12.5. The van der Waals surface area contributed by atoms with Gasteiger partial charge in [0, 0.05) is 22.6 Å². The Labute approximate surface area is 253 Å². The molecule has 0 saturated heterocycles. The summed E-state index contributed by atoms with van der Waals surface area (Å²) in [6.07, 6.45) is -3.41. The van der Waals surface area contributed by atoms with E-state index in [1.54, 1.807) is 19.1 Å². The van der Waals surface area contributed by atoms with Gasteiger partial charge in [-0.2, -0.15) is 18.3 Å². The van der Waals surface area contributed by atoms with Crippen molar-refractivity contribution in [3.63, 3.8) is 0 Å². The number of hydrogen-bond donors (Lipinski definition) is 1. The molecule has 1 N–H and O–H groups in total. The highest BCUT2D eigenvalue weighted by molar-refractivity contribution is 7.92. The Morgan fingerprint density at radius 2 is 1.60 bits per heavy atom. The van der Waals surface area contributed by atoms with E-state index in [0.717, 1.165) is 51.5 Å². The van der Waals surface area contributed by atoms with Gasteiger partial charge >= 0.3 is 6.18 Å². The second-order valence-electron chi connectivity index (χ2n) is 10.2. The zero-order valence-electron chi connectivity index (χ0n) is 24.1. The van der Waals surface area contributed by atoms with E-state index in [1.165, 1.54) is 18.3 Å². The van der Waals surface area contributed by atoms with Crippen LogP contribution in [-0.4, -0.2) is 31.7 Å². The first kappa shape index (κ1) is 31.8. The van der Waals surface area contributed by atoms with Gasteiger partial charge in [0.1, 0.15) is 6.54 Å². The Morgan fingerprint density at radius 3 is 2.23 bits per heavy atom. The van der Waals surface area contributed by atoms with E-state index < -0.39 is 39.2 Å². The molecule has 1 amide bonds. The summed E-state index contributed by atoms with van der Waals surface area (Å²) in [5.74, 6) is -0.862. The van der Waals surface area contributed by atoms with E-state index in [9.17, 15) is 26.4 Å². The summed E-state index contributed by atoms with van der Waals surface area (Å²) in [7, 11) is -4.46. The number of hydrogen-bond acceptors (Lipinski definition) is 4. The molecule has 0 aliphatic heterocycles. The van der Waals surface area contributed by atoms with E-state index >= 15 is 0 Å². The number of amides is 1. The molecule has 0 bridgehead atoms. The minimum Gasteiger partial charge on any atom is -0.318 e. The molecule has 12 heteroatoms. The summed E-state index contributed by atoms with van der Waals surface area (Å²) in [5.41, 5.74) is 7.22. The molecule has 0 spiro atoms. The Kier molecular flexibility index (Phi) is 9.08. The predicted octanol–water partition coefficient (Wildman–Crippen LogP) is 7.04. The average Bonchev–Trinajstić information content (AvgIpc) is 3.19. The Bertz CT molecular complexity index is 1820. The summed E-state index contributed by atoms with van der Waals surface area (Å²) in [6.45, 7) is 8.80. The summed E-state index contributed by atoms with van der Waals surface area (Å²) in [6, 6.07) is 16.4. The lowest BCUT2D eigenvalue weighted by molar-refractivity contribution is -0.137. The number of carbonyl (C=O) groups excluding carboxylic acids is 1. The third-order valence-corrected chi connectivity index (χ3v) is 9.01. The summed E-state index contributed by atoms with van der Waals surface area (Å²) in [4.78, 5) is 12.8. The zero-order chi connectivity index (χ0) is 31.7. The monoisotopic (exact) mass is 630 g/mol. The van der Waals surface area contributed by atoms with Crippen molar-refractivity contribution in [1.29, 1.82) is 0 Å². The molecule has 1 heterocycles. The number of benzene rings is 3. The van der Waals surface area contributed by atoms with Crippen LogP contribution in [0, 0.1) is 34.6 Å². The molecule has 226 valence electrons. The minimum atomic E-state index is -4.84. The number of anilines is 1. The Morgan fingerprint density at radius 1 is 0.953 bits per heavy atom. The molecule has 0 radical (unpaired) electrons. The van der Waals surface area contributed by atoms with Gasteiger partial charge in [0.15, 0.2) is 0 Å². The molecule has 0 aliphatic rings. The normalized spacial score (nSPS) is 12.1. The van der Waals surface area contributed by atoms with Crippen LogP contribution in [0.4, 0.5) is 18.9 Å². The first-order chi connectivity index (χ1) is 20.1. The van der Waals surface area contributed by atoms with Crippen LogP contribution in [0.15, 0.2) is 76.7 Å². The van der Waals surface area contributed by atoms with E-state index in [-0.39, 0.29) is 10.6 Å². The van der Waals surface area contributed by atoms with Gasteiger partial charge in [-0.15, -0.1) is 0 Å². The summed E-state index contributed by atoms with van der Waals surface area (Å²) >= 11 is 5.76. The van der Waals surface area contributed by atoms with Crippen LogP contribution in [0.1, 0.15) is 39.2 Å². The number of rotatable bonds is 8. The van der Waals surface area contributed by atoms with E-state index in [4.69, 9.17) is 11.6 Å². The number of hydrazone groups is 1. The number of alkyl halides is 3. The van der Waals surface area contributed by atoms with Gasteiger partial charge in [0.25, 0.3) is 15.9 Å². The van der Waals surface area contributed by atoms with Crippen molar-refractivity contribution in [2.24, 2.45) is 5.10 Å². The molecule has 3 aromatic carbocycles. The van der Waals surface area contributed by atoms with Gasteiger partial charge in [-0.05, 0) is 82.6 Å². The lowest BCUT2D eigenvalue weighted by Gasteiger charge is -2.25. The highest BCUT2D eigenvalue weighted by atomic mass is 35.5. The number of aryl methyl sites for hydroxylation is 4. The number of carbonyl (C=O) groups is 1. The highest BCUT2D eigenvalue weighted by Gasteiger charge is 2.35. The topological polar surface area (TPSA) is 83.8 Å². The van der Waals surface area contributed by atoms with Crippen molar-refractivity contribution >= 4 is 39.4 Å². The third-order valence-electron chi connectivity index (χ3n) is 6.90. The predicted molar refractivity (Wildman–Crippen MR) is 163 cm³/mol. The molecule has 0 saturated carbocycles. The van der Waals surface area contributed by atoms with Crippen LogP contribution in [0.3, 0.4) is 0 Å². The van der Waals surface area contributed by atoms with Crippen LogP contribution in [0.5, 0.6) is 0 Å². The van der Waals surface area contributed by atoms with Gasteiger partial charge < -0.3 is 4.57 Å². The summed E-state index contributed by atoms with van der Waals surface area (Å²) in [5, 5.41) is 3.41. The van der Waals surface area contributed by atoms with Crippen molar-refractivity contribution in [2.45, 2.75) is 45.7 Å². The van der Waals surface area contributed by atoms with Crippen LogP contribution in [0.2, 0.25) is 5.02 Å². The van der Waals surface area contributed by atoms with E-state index in [1.807, 2.05) is 45.9 Å². The molecule has 0 aliphatic carbocycles. The van der Waals surface area contributed by atoms with Crippen molar-refractivity contribution in [1.82, 2.24) is 9.99 Å². The zero-order valence-corrected chi connectivity index (χ0v) is 25.7. The van der Waals surface area contributed by atoms with Crippen LogP contribution >= 0.6 is 11.6 Å². The number of nitrogens with zero attached hydrogens (tertiary/aromatic N) is 3. The number of halogens is 4. The van der Waals surface area contributed by atoms with E-state index in [2.05, 4.69) is 21.2 Å². The fourth-order valence-electron chi connectivity index (χ4n) is 4.72. The van der Waals surface area contributed by atoms with Crippen molar-refractivity contribution in [3.8, 4) is 5.69 Å². The van der Waals surface area contributed by atoms with Gasteiger partial charge in [0.05, 0.1) is 27.4 Å². The maximum atomic E-state index is 13.6. The molecular weight excluding hydrogens is 601 g/mol. The molecular formula is C31H30ClF3N4O3S. The standard InChI is InChI=1S/C31H30ClF3N4O3S/c1-19-6-10-26(11-7-19)43(41,42)38(25-9-12-28(32)27(16-25)31(33,34)35)18-30(40)37-36-17-24-15-22(4)39(23(24)5)29-13-8-20(2)14-21(29)3/h6-17H,18H2,1-5H3,(H,37,40)/b36-17-. The fraction of sp³-hybridized carbons (Fsp3) is 0.226. The SMILES string of the molecule is Cc1ccc(S(=O)(=O)N(CC(=O)N/N=C\c2cc(C)n(-c3ccc(C)cc3C)c2C)c2ccc(Cl)c(C(F)(F)F)c2)cc1. The first-order valence-corrected chi connectivity index (χ1v) is 15.0. The van der Waals surface area contributed by atoms with Crippen LogP contribution in [-0.2, 0) is 21.0 Å². The quantitative estimate of drug-likeness (QED) is 0.167. The molecule has 4 aromatic rings. The third kappa shape index (κ3) is 6.94. The first-order valence-electron chi connectivity index (χ1n) is 13.1.